The fraction of sp³-hybridized carbons (Fsp3) is 0.182. The van der Waals surface area contributed by atoms with Crippen LogP contribution in [0.5, 0.6) is 17.2 Å². The van der Waals surface area contributed by atoms with Crippen LogP contribution in [-0.4, -0.2) is 38.3 Å². The first kappa shape index (κ1) is 20.0. The van der Waals surface area contributed by atoms with E-state index in [9.17, 15) is 9.59 Å². The van der Waals surface area contributed by atoms with E-state index in [1.54, 1.807) is 54.6 Å². The largest absolute Gasteiger partial charge is 0.490 e. The minimum Gasteiger partial charge on any atom is -0.490 e. The summed E-state index contributed by atoms with van der Waals surface area (Å²) in [7, 11) is 0. The van der Waals surface area contributed by atoms with Crippen LogP contribution in [0.2, 0.25) is 0 Å². The first-order valence-electron chi connectivity index (χ1n) is 9.02. The number of esters is 1. The number of carbonyl (C=O) groups is 2. The fourth-order valence-corrected chi connectivity index (χ4v) is 2.50. The van der Waals surface area contributed by atoms with Gasteiger partial charge >= 0.3 is 5.97 Å². The molecule has 0 saturated carbocycles. The van der Waals surface area contributed by atoms with Gasteiger partial charge in [-0.15, -0.1) is 0 Å². The van der Waals surface area contributed by atoms with Gasteiger partial charge in [-0.3, -0.25) is 4.79 Å². The first-order chi connectivity index (χ1) is 14.1. The predicted octanol–water partition coefficient (Wildman–Crippen LogP) is 3.22. The fourth-order valence-electron chi connectivity index (χ4n) is 2.50. The number of ether oxygens (including phenoxy) is 4. The van der Waals surface area contributed by atoms with Gasteiger partial charge in [-0.2, -0.15) is 0 Å². The van der Waals surface area contributed by atoms with Crippen LogP contribution in [0.25, 0.3) is 6.08 Å². The highest BCUT2D eigenvalue weighted by molar-refractivity contribution is 5.94. The Balaban J connectivity index is 1.44. The van der Waals surface area contributed by atoms with Crippen LogP contribution in [0.15, 0.2) is 61.2 Å². The van der Waals surface area contributed by atoms with Crippen LogP contribution in [0, 0.1) is 0 Å². The monoisotopic (exact) mass is 395 g/mol. The second-order valence-electron chi connectivity index (χ2n) is 6.02. The maximum absolute atomic E-state index is 12.0. The molecule has 1 aliphatic rings. The first-order valence-corrected chi connectivity index (χ1v) is 9.02. The van der Waals surface area contributed by atoms with Crippen LogP contribution in [0.1, 0.15) is 5.56 Å². The van der Waals surface area contributed by atoms with E-state index in [4.69, 9.17) is 18.9 Å². The normalized spacial score (nSPS) is 12.3. The Bertz CT molecular complexity index is 904. The van der Waals surface area contributed by atoms with Crippen molar-refractivity contribution in [3.8, 4) is 17.2 Å². The van der Waals surface area contributed by atoms with Gasteiger partial charge in [-0.25, -0.2) is 4.79 Å². The van der Waals surface area contributed by atoms with Crippen molar-refractivity contribution >= 4 is 23.6 Å². The molecule has 1 N–H and O–H groups in total. The van der Waals surface area contributed by atoms with Crippen LogP contribution >= 0.6 is 0 Å². The van der Waals surface area contributed by atoms with Crippen molar-refractivity contribution in [1.82, 2.24) is 0 Å². The lowest BCUT2D eigenvalue weighted by molar-refractivity contribution is -0.142. The second-order valence-corrected chi connectivity index (χ2v) is 6.02. The van der Waals surface area contributed by atoms with Crippen molar-refractivity contribution in [2.24, 2.45) is 0 Å². The number of hydrogen-bond acceptors (Lipinski definition) is 6. The van der Waals surface area contributed by atoms with Gasteiger partial charge in [0.25, 0.3) is 5.91 Å². The number of anilines is 1. The Morgan fingerprint density at radius 3 is 2.59 bits per heavy atom. The maximum Gasteiger partial charge on any atom is 0.331 e. The van der Waals surface area contributed by atoms with E-state index in [0.29, 0.717) is 42.8 Å². The lowest BCUT2D eigenvalue weighted by Gasteiger charge is -2.18. The summed E-state index contributed by atoms with van der Waals surface area (Å²) in [6, 6.07) is 12.2. The summed E-state index contributed by atoms with van der Waals surface area (Å²) in [5.74, 6) is 0.836. The topological polar surface area (TPSA) is 83.1 Å². The van der Waals surface area contributed by atoms with Crippen LogP contribution in [0.4, 0.5) is 5.69 Å². The third-order valence-corrected chi connectivity index (χ3v) is 3.83. The van der Waals surface area contributed by atoms with Crippen molar-refractivity contribution in [2.45, 2.75) is 0 Å². The summed E-state index contributed by atoms with van der Waals surface area (Å²) in [6.45, 7) is 4.57. The third kappa shape index (κ3) is 6.14. The average Bonchev–Trinajstić information content (AvgIpc) is 2.75. The van der Waals surface area contributed by atoms with E-state index in [-0.39, 0.29) is 0 Å². The molecule has 0 radical (unpaired) electrons. The lowest BCUT2D eigenvalue weighted by Crippen LogP contribution is -2.20. The molecule has 0 aromatic heterocycles. The van der Waals surface area contributed by atoms with Gasteiger partial charge in [0.1, 0.15) is 25.6 Å². The summed E-state index contributed by atoms with van der Waals surface area (Å²) < 4.78 is 21.2. The second kappa shape index (κ2) is 9.98. The Kier molecular flexibility index (Phi) is 6.89. The molecular formula is C22H21NO6. The number of fused-ring (bicyclic) bond motifs is 1. The van der Waals surface area contributed by atoms with E-state index in [2.05, 4.69) is 11.9 Å². The third-order valence-electron chi connectivity index (χ3n) is 3.83. The number of benzene rings is 2. The average molecular weight is 395 g/mol. The highest BCUT2D eigenvalue weighted by atomic mass is 16.6. The molecule has 0 saturated heterocycles. The van der Waals surface area contributed by atoms with Crippen molar-refractivity contribution in [2.75, 3.05) is 31.7 Å². The van der Waals surface area contributed by atoms with Crippen LogP contribution < -0.4 is 19.5 Å². The Morgan fingerprint density at radius 1 is 1.07 bits per heavy atom. The van der Waals surface area contributed by atoms with Gasteiger partial charge in [-0.1, -0.05) is 24.8 Å². The number of rotatable bonds is 8. The number of nitrogens with one attached hydrogen (secondary N) is 1. The molecule has 0 spiro atoms. The molecule has 1 heterocycles. The van der Waals surface area contributed by atoms with Crippen LogP contribution in [0.3, 0.4) is 0 Å². The summed E-state index contributed by atoms with van der Waals surface area (Å²) in [4.78, 5) is 23.8. The minimum absolute atomic E-state index is 0.397. The summed E-state index contributed by atoms with van der Waals surface area (Å²) in [5, 5.41) is 2.65. The van der Waals surface area contributed by atoms with E-state index in [1.807, 2.05) is 0 Å². The molecule has 7 nitrogen and oxygen atoms in total. The molecule has 2 aromatic rings. The van der Waals surface area contributed by atoms with Crippen LogP contribution in [-0.2, 0) is 14.3 Å². The molecular weight excluding hydrogens is 374 g/mol. The summed E-state index contributed by atoms with van der Waals surface area (Å²) in [5.41, 5.74) is 1.33. The molecule has 0 fully saturated rings. The van der Waals surface area contributed by atoms with E-state index >= 15 is 0 Å². The van der Waals surface area contributed by atoms with Gasteiger partial charge in [0, 0.05) is 17.8 Å². The highest BCUT2D eigenvalue weighted by Gasteiger charge is 2.13. The number of amides is 1. The summed E-state index contributed by atoms with van der Waals surface area (Å²) >= 11 is 0. The van der Waals surface area contributed by atoms with Gasteiger partial charge in [0.15, 0.2) is 18.1 Å². The molecule has 0 atom stereocenters. The lowest BCUT2D eigenvalue weighted by atomic mass is 10.2. The molecule has 0 aliphatic carbocycles. The molecule has 7 heteroatoms. The van der Waals surface area contributed by atoms with Crippen molar-refractivity contribution in [3.63, 3.8) is 0 Å². The molecule has 0 unspecified atom stereocenters. The zero-order chi connectivity index (χ0) is 20.5. The maximum atomic E-state index is 12.0. The summed E-state index contributed by atoms with van der Waals surface area (Å²) in [6.07, 6.45) is 4.52. The van der Waals surface area contributed by atoms with Gasteiger partial charge < -0.3 is 24.3 Å². The Hall–Kier alpha value is -3.74. The Labute approximate surface area is 168 Å². The Morgan fingerprint density at radius 2 is 1.83 bits per heavy atom. The number of hydrogen-bond donors (Lipinski definition) is 1. The molecule has 0 bridgehead atoms. The van der Waals surface area contributed by atoms with Gasteiger partial charge in [-0.05, 0) is 35.9 Å². The molecule has 3 rings (SSSR count). The van der Waals surface area contributed by atoms with Gasteiger partial charge in [0.2, 0.25) is 0 Å². The minimum atomic E-state index is -0.616. The van der Waals surface area contributed by atoms with E-state index < -0.39 is 18.5 Å². The molecule has 1 amide bonds. The van der Waals surface area contributed by atoms with E-state index in [0.717, 1.165) is 5.56 Å². The van der Waals surface area contributed by atoms with Crippen molar-refractivity contribution < 1.29 is 28.5 Å². The SMILES string of the molecule is C=CCOc1ccc(/C=C/C(=O)OCC(=O)Nc2ccc3c(c2)OCCO3)cc1. The number of carbonyl (C=O) groups excluding carboxylic acids is 2. The smallest absolute Gasteiger partial charge is 0.331 e. The van der Waals surface area contributed by atoms with Crippen molar-refractivity contribution in [1.29, 1.82) is 0 Å². The zero-order valence-electron chi connectivity index (χ0n) is 15.8. The zero-order valence-corrected chi connectivity index (χ0v) is 15.8. The predicted molar refractivity (Wildman–Crippen MR) is 108 cm³/mol. The van der Waals surface area contributed by atoms with Gasteiger partial charge in [0.05, 0.1) is 0 Å². The molecule has 150 valence electrons. The standard InChI is InChI=1S/C22H21NO6/c1-2-11-26-18-7-3-16(4-8-18)5-10-22(25)29-15-21(24)23-17-6-9-19-20(14-17)28-13-12-27-19/h2-10,14H,1,11-13,15H2,(H,23,24)/b10-5+. The highest BCUT2D eigenvalue weighted by Crippen LogP contribution is 2.32. The molecule has 2 aromatic carbocycles. The molecule has 29 heavy (non-hydrogen) atoms. The molecule has 1 aliphatic heterocycles. The quantitative estimate of drug-likeness (QED) is 0.420. The van der Waals surface area contributed by atoms with Crippen molar-refractivity contribution in [3.05, 3.63) is 66.8 Å². The van der Waals surface area contributed by atoms with E-state index in [1.165, 1.54) is 6.08 Å².